The molecule has 5 aromatic rings. The average Bonchev–Trinajstić information content (AvgIpc) is 3.53. The molecule has 0 atom stereocenters. The minimum Gasteiger partial charge on any atom is -0.453 e. The van der Waals surface area contributed by atoms with E-state index in [4.69, 9.17) is 14.7 Å². The number of pyridine rings is 2. The number of ether oxygens (including phenoxy) is 1. The molecular weight excluding hydrogens is 728 g/mol. The Bertz CT molecular complexity index is 1500. The van der Waals surface area contributed by atoms with Crippen molar-refractivity contribution in [2.75, 3.05) is 18.4 Å². The molecule has 13 heteroatoms. The van der Waals surface area contributed by atoms with Gasteiger partial charge in [0.05, 0.1) is 18.8 Å². The number of nitrogens with zero attached hydrogens (tertiary/aromatic N) is 3. The number of anilines is 2. The van der Waals surface area contributed by atoms with Gasteiger partial charge in [-0.15, -0.1) is 59.9 Å². The van der Waals surface area contributed by atoms with E-state index in [2.05, 4.69) is 55.7 Å². The molecule has 39 heavy (non-hydrogen) atoms. The Balaban J connectivity index is 0.00000140. The third-order valence-corrected chi connectivity index (χ3v) is 9.72. The van der Waals surface area contributed by atoms with Gasteiger partial charge in [0.15, 0.2) is 16.7 Å². The average molecular weight is 753 g/mol. The Labute approximate surface area is 271 Å². The number of fused-ring (bicyclic) bond motifs is 1. The summed E-state index contributed by atoms with van der Waals surface area (Å²) >= 11 is 7.39. The number of piperidine rings is 1. The lowest BCUT2D eigenvalue weighted by Crippen LogP contribution is -2.26. The van der Waals surface area contributed by atoms with Crippen LogP contribution in [0.15, 0.2) is 76.1 Å². The third kappa shape index (κ3) is 7.88. The zero-order valence-corrected chi connectivity index (χ0v) is 27.4. The molecule has 6 rings (SSSR count). The monoisotopic (exact) mass is 751 g/mol. The summed E-state index contributed by atoms with van der Waals surface area (Å²) in [5.41, 5.74) is 2.18. The predicted octanol–water partition coefficient (Wildman–Crippen LogP) is 9.17. The van der Waals surface area contributed by atoms with E-state index in [-0.39, 0.29) is 37.2 Å². The zero-order chi connectivity index (χ0) is 24.3. The zero-order valence-electron chi connectivity index (χ0n) is 20.3. The highest BCUT2D eigenvalue weighted by Crippen LogP contribution is 2.40. The highest BCUT2D eigenvalue weighted by molar-refractivity contribution is 14.1. The Morgan fingerprint density at radius 1 is 1.03 bits per heavy atom. The van der Waals surface area contributed by atoms with Gasteiger partial charge in [0.1, 0.15) is 5.75 Å². The Morgan fingerprint density at radius 2 is 1.82 bits per heavy atom. The molecule has 0 spiro atoms. The molecule has 0 amide bonds. The highest BCUT2D eigenvalue weighted by atomic mass is 127. The fourth-order valence-corrected chi connectivity index (χ4v) is 7.71. The number of thiophene rings is 1. The number of hydrogen-bond acceptors (Lipinski definition) is 9. The number of rotatable bonds is 7. The van der Waals surface area contributed by atoms with E-state index in [0.29, 0.717) is 17.5 Å². The smallest absolute Gasteiger partial charge is 0.188 e. The topological polar surface area (TPSA) is 72.0 Å². The van der Waals surface area contributed by atoms with Crippen molar-refractivity contribution in [3.8, 4) is 11.5 Å². The molecule has 1 aliphatic rings. The Hall–Kier alpha value is -1.38. The van der Waals surface area contributed by atoms with Crippen LogP contribution in [-0.4, -0.2) is 28.0 Å². The summed E-state index contributed by atoms with van der Waals surface area (Å²) < 4.78 is 8.71. The lowest BCUT2D eigenvalue weighted by Gasteiger charge is -2.20. The number of nitrogens with one attached hydrogen (secondary N) is 2. The normalized spacial score (nSPS) is 13.2. The minimum absolute atomic E-state index is 0. The molecular formula is C26H25Cl3IN5OS3. The molecule has 1 aliphatic heterocycles. The van der Waals surface area contributed by atoms with Crippen molar-refractivity contribution in [1.82, 2.24) is 20.3 Å². The second-order valence-corrected chi connectivity index (χ2v) is 13.3. The molecule has 4 aromatic heterocycles. The molecule has 5 heterocycles. The quantitative estimate of drug-likeness (QED) is 0.161. The maximum Gasteiger partial charge on any atom is 0.188 e. The van der Waals surface area contributed by atoms with Crippen LogP contribution in [0.25, 0.3) is 10.2 Å². The van der Waals surface area contributed by atoms with Crippen LogP contribution < -0.4 is 15.4 Å². The van der Waals surface area contributed by atoms with Gasteiger partial charge in [-0.05, 0) is 72.8 Å². The first-order chi connectivity index (χ1) is 17.7. The summed E-state index contributed by atoms with van der Waals surface area (Å²) in [6.45, 7) is 2.10. The van der Waals surface area contributed by atoms with E-state index in [1.54, 1.807) is 34.4 Å². The molecule has 0 bridgehead atoms. The molecule has 2 N–H and O–H groups in total. The molecule has 0 saturated carbocycles. The second kappa shape index (κ2) is 15.0. The summed E-state index contributed by atoms with van der Waals surface area (Å²) in [6, 6.07) is 16.0. The number of thiazole rings is 1. The van der Waals surface area contributed by atoms with Gasteiger partial charge in [-0.2, -0.15) is 0 Å². The Morgan fingerprint density at radius 3 is 2.62 bits per heavy atom. The summed E-state index contributed by atoms with van der Waals surface area (Å²) in [7, 11) is 0. The first kappa shape index (κ1) is 32.1. The molecule has 1 saturated heterocycles. The number of para-hydroxylation sites is 1. The van der Waals surface area contributed by atoms with E-state index in [0.717, 1.165) is 57.8 Å². The van der Waals surface area contributed by atoms with Crippen LogP contribution in [0.4, 0.5) is 10.9 Å². The molecule has 0 radical (unpaired) electrons. The largest absolute Gasteiger partial charge is 0.453 e. The molecule has 206 valence electrons. The lowest BCUT2D eigenvalue weighted by atomic mass is 9.96. The number of hydrogen-bond donors (Lipinski definition) is 2. The van der Waals surface area contributed by atoms with Gasteiger partial charge in [0.25, 0.3) is 0 Å². The van der Waals surface area contributed by atoms with Crippen LogP contribution >= 0.6 is 94.2 Å². The van der Waals surface area contributed by atoms with Crippen LogP contribution in [-0.2, 0) is 0 Å². The van der Waals surface area contributed by atoms with Crippen molar-refractivity contribution in [1.29, 1.82) is 0 Å². The predicted molar refractivity (Wildman–Crippen MR) is 179 cm³/mol. The molecule has 0 aliphatic carbocycles. The van der Waals surface area contributed by atoms with Crippen molar-refractivity contribution in [3.05, 3.63) is 74.9 Å². The van der Waals surface area contributed by atoms with Crippen molar-refractivity contribution >= 4 is 115 Å². The summed E-state index contributed by atoms with van der Waals surface area (Å²) in [5.74, 6) is 2.59. The van der Waals surface area contributed by atoms with E-state index < -0.39 is 0 Å². The maximum atomic E-state index is 6.29. The summed E-state index contributed by atoms with van der Waals surface area (Å²) in [4.78, 5) is 16.3. The van der Waals surface area contributed by atoms with Gasteiger partial charge in [-0.3, -0.25) is 4.98 Å². The molecule has 6 nitrogen and oxygen atoms in total. The SMILES string of the molecule is Cl.Cl.Cl.Ic1cc2nccc(Sc3cnc(Nc4nc(C5CCNCC5)cs4)c(Oc4ccccc4)c3)c2s1. The first-order valence-electron chi connectivity index (χ1n) is 11.6. The first-order valence-corrected chi connectivity index (χ1v) is 15.2. The fraction of sp³-hybridized carbons (Fsp3) is 0.192. The fourth-order valence-electron chi connectivity index (χ4n) is 4.11. The molecule has 0 unspecified atom stereocenters. The van der Waals surface area contributed by atoms with Crippen molar-refractivity contribution in [3.63, 3.8) is 0 Å². The van der Waals surface area contributed by atoms with E-state index in [9.17, 15) is 0 Å². The van der Waals surface area contributed by atoms with E-state index in [1.165, 1.54) is 7.58 Å². The number of benzene rings is 1. The minimum atomic E-state index is 0. The summed E-state index contributed by atoms with van der Waals surface area (Å²) in [5, 5.41) is 9.83. The highest BCUT2D eigenvalue weighted by Gasteiger charge is 2.19. The van der Waals surface area contributed by atoms with E-state index in [1.807, 2.05) is 48.8 Å². The van der Waals surface area contributed by atoms with Crippen molar-refractivity contribution < 1.29 is 4.74 Å². The molecule has 1 fully saturated rings. The van der Waals surface area contributed by atoms with Crippen LogP contribution in [0.5, 0.6) is 11.5 Å². The third-order valence-electron chi connectivity index (χ3n) is 5.88. The van der Waals surface area contributed by atoms with Crippen molar-refractivity contribution in [2.45, 2.75) is 28.6 Å². The van der Waals surface area contributed by atoms with Crippen LogP contribution in [0.1, 0.15) is 24.5 Å². The maximum absolute atomic E-state index is 6.29. The number of halogens is 4. The van der Waals surface area contributed by atoms with E-state index >= 15 is 0 Å². The number of aromatic nitrogens is 3. The summed E-state index contributed by atoms with van der Waals surface area (Å²) in [6.07, 6.45) is 6.00. The van der Waals surface area contributed by atoms with Gasteiger partial charge >= 0.3 is 0 Å². The van der Waals surface area contributed by atoms with Gasteiger partial charge in [-0.1, -0.05) is 30.0 Å². The molecule has 1 aromatic carbocycles. The lowest BCUT2D eigenvalue weighted by molar-refractivity contribution is 0.455. The van der Waals surface area contributed by atoms with Crippen molar-refractivity contribution in [2.24, 2.45) is 0 Å². The van der Waals surface area contributed by atoms with Crippen LogP contribution in [0.2, 0.25) is 0 Å². The Kier molecular flexibility index (Phi) is 12.4. The van der Waals surface area contributed by atoms with Gasteiger partial charge in [0, 0.05) is 39.5 Å². The van der Waals surface area contributed by atoms with Gasteiger partial charge < -0.3 is 15.4 Å². The van der Waals surface area contributed by atoms with Crippen LogP contribution in [0, 0.1) is 2.88 Å². The second-order valence-electron chi connectivity index (χ2n) is 8.34. The van der Waals surface area contributed by atoms with Gasteiger partial charge in [-0.25, -0.2) is 9.97 Å². The standard InChI is InChI=1S/C26H22IN5OS3.3ClH/c27-23-13-19-24(36-23)22(8-11-29-19)35-18-12-21(33-17-4-2-1-3-5-17)25(30-14-18)32-26-31-20(15-34-26)16-6-9-28-10-7-16;;;/h1-5,8,11-16,28H,6-7,9-10H2,(H,30,31,32);3*1H. The van der Waals surface area contributed by atoms with Gasteiger partial charge in [0.2, 0.25) is 0 Å². The van der Waals surface area contributed by atoms with Crippen LogP contribution in [0.3, 0.4) is 0 Å².